The van der Waals surface area contributed by atoms with E-state index >= 15 is 0 Å². The molecule has 5 heteroatoms. The molecule has 2 atom stereocenters. The number of carbonyl (C=O) groups is 1. The van der Waals surface area contributed by atoms with E-state index in [4.69, 9.17) is 15.0 Å². The molecule has 0 spiro atoms. The number of carbonyl (C=O) groups excluding carboxylic acids is 1. The SMILES string of the molecule is CC1=C(C)CC2C(=O)C(C=CN2c2nc(-c3ccccc3)nc(-c3ccccc3)n2)C1. The molecule has 0 saturated carbocycles. The standard InChI is InChI=1S/C26H24N4O/c1-17-15-21-13-14-30(22(23(21)31)16-18(17)2)26-28-24(19-9-5-3-6-10-19)27-25(29-26)20-11-7-4-8-12-20/h3-14,21-22H,15-16H2,1-2H3. The predicted octanol–water partition coefficient (Wildman–Crippen LogP) is 5.22. The van der Waals surface area contributed by atoms with E-state index in [-0.39, 0.29) is 17.7 Å². The Morgan fingerprint density at radius 3 is 1.90 bits per heavy atom. The van der Waals surface area contributed by atoms with Crippen LogP contribution in [-0.4, -0.2) is 26.8 Å². The van der Waals surface area contributed by atoms with Crippen molar-refractivity contribution in [3.05, 3.63) is 84.1 Å². The molecule has 0 radical (unpaired) electrons. The first kappa shape index (κ1) is 19.4. The molecule has 0 N–H and O–H groups in total. The number of aromatic nitrogens is 3. The molecule has 2 aromatic carbocycles. The maximum Gasteiger partial charge on any atom is 0.234 e. The summed E-state index contributed by atoms with van der Waals surface area (Å²) in [4.78, 5) is 29.5. The molecule has 2 heterocycles. The van der Waals surface area contributed by atoms with Crippen LogP contribution < -0.4 is 4.90 Å². The number of hydrogen-bond acceptors (Lipinski definition) is 5. The maximum atomic E-state index is 13.2. The molecular weight excluding hydrogens is 384 g/mol. The fourth-order valence-electron chi connectivity index (χ4n) is 4.23. The Bertz CT molecular complexity index is 1130. The molecule has 5 nitrogen and oxygen atoms in total. The Morgan fingerprint density at radius 1 is 0.774 bits per heavy atom. The van der Waals surface area contributed by atoms with Gasteiger partial charge in [-0.05, 0) is 26.7 Å². The van der Waals surface area contributed by atoms with Crippen molar-refractivity contribution in [2.75, 3.05) is 4.90 Å². The average Bonchev–Trinajstić information content (AvgIpc) is 2.87. The zero-order valence-electron chi connectivity index (χ0n) is 17.7. The third-order valence-electron chi connectivity index (χ3n) is 6.18. The molecule has 2 unspecified atom stereocenters. The first-order valence-corrected chi connectivity index (χ1v) is 10.6. The lowest BCUT2D eigenvalue weighted by molar-refractivity contribution is -0.122. The molecule has 2 aliphatic rings. The first-order chi connectivity index (χ1) is 15.1. The summed E-state index contributed by atoms with van der Waals surface area (Å²) in [7, 11) is 0. The van der Waals surface area contributed by atoms with E-state index in [1.807, 2.05) is 77.8 Å². The van der Waals surface area contributed by atoms with Gasteiger partial charge in [-0.1, -0.05) is 77.9 Å². The lowest BCUT2D eigenvalue weighted by Gasteiger charge is -2.32. The Labute approximate surface area is 182 Å². The quantitative estimate of drug-likeness (QED) is 0.556. The molecule has 3 aromatic rings. The fraction of sp³-hybridized carbons (Fsp3) is 0.231. The molecule has 154 valence electrons. The van der Waals surface area contributed by atoms with Gasteiger partial charge in [0.05, 0.1) is 6.04 Å². The number of nitrogens with zero attached hydrogens (tertiary/aromatic N) is 4. The minimum atomic E-state index is -0.290. The van der Waals surface area contributed by atoms with Crippen LogP contribution in [0.25, 0.3) is 22.8 Å². The summed E-state index contributed by atoms with van der Waals surface area (Å²) in [5.41, 5.74) is 4.41. The van der Waals surface area contributed by atoms with E-state index in [0.29, 0.717) is 24.0 Å². The smallest absolute Gasteiger partial charge is 0.234 e. The Kier molecular flexibility index (Phi) is 4.94. The van der Waals surface area contributed by atoms with Crippen molar-refractivity contribution in [1.82, 2.24) is 15.0 Å². The third-order valence-corrected chi connectivity index (χ3v) is 6.18. The van der Waals surface area contributed by atoms with Gasteiger partial charge >= 0.3 is 0 Å². The zero-order valence-corrected chi connectivity index (χ0v) is 17.7. The van der Waals surface area contributed by atoms with Gasteiger partial charge in [0.15, 0.2) is 17.4 Å². The number of allylic oxidation sites excluding steroid dienone is 2. The Morgan fingerprint density at radius 2 is 1.32 bits per heavy atom. The summed E-state index contributed by atoms with van der Waals surface area (Å²) in [6, 6.07) is 19.5. The number of Topliss-reactive ketones (excluding diaryl/α,β-unsaturated/α-hetero) is 1. The minimum Gasteiger partial charge on any atom is -0.307 e. The van der Waals surface area contributed by atoms with Gasteiger partial charge in [-0.3, -0.25) is 4.79 Å². The van der Waals surface area contributed by atoms with Gasteiger partial charge in [0.2, 0.25) is 5.95 Å². The van der Waals surface area contributed by atoms with Gasteiger partial charge < -0.3 is 4.90 Å². The van der Waals surface area contributed by atoms with Crippen LogP contribution in [0.15, 0.2) is 84.1 Å². The molecule has 1 aliphatic heterocycles. The van der Waals surface area contributed by atoms with Gasteiger partial charge in [-0.2, -0.15) is 9.97 Å². The molecule has 31 heavy (non-hydrogen) atoms. The zero-order chi connectivity index (χ0) is 21.4. The van der Waals surface area contributed by atoms with Crippen molar-refractivity contribution < 1.29 is 4.79 Å². The monoisotopic (exact) mass is 408 g/mol. The van der Waals surface area contributed by atoms with Gasteiger partial charge in [-0.15, -0.1) is 0 Å². The number of ketones is 1. The van der Waals surface area contributed by atoms with E-state index in [2.05, 4.69) is 13.8 Å². The first-order valence-electron chi connectivity index (χ1n) is 10.6. The summed E-state index contributed by atoms with van der Waals surface area (Å²) in [5.74, 6) is 1.88. The van der Waals surface area contributed by atoms with Crippen molar-refractivity contribution in [3.8, 4) is 22.8 Å². The summed E-state index contributed by atoms with van der Waals surface area (Å²) in [6.07, 6.45) is 5.47. The lowest BCUT2D eigenvalue weighted by atomic mass is 9.91. The fourth-order valence-corrected chi connectivity index (χ4v) is 4.23. The van der Waals surface area contributed by atoms with E-state index in [0.717, 1.165) is 17.5 Å². The lowest BCUT2D eigenvalue weighted by Crippen LogP contribution is -2.44. The highest BCUT2D eigenvalue weighted by Gasteiger charge is 2.37. The number of hydrogen-bond donors (Lipinski definition) is 0. The van der Waals surface area contributed by atoms with Crippen molar-refractivity contribution in [2.24, 2.45) is 5.92 Å². The molecule has 0 fully saturated rings. The summed E-state index contributed by atoms with van der Waals surface area (Å²) >= 11 is 0. The molecule has 0 saturated heterocycles. The van der Waals surface area contributed by atoms with Gasteiger partial charge in [0.25, 0.3) is 0 Å². The molecule has 1 aliphatic carbocycles. The van der Waals surface area contributed by atoms with Crippen LogP contribution in [0.1, 0.15) is 26.7 Å². The maximum absolute atomic E-state index is 13.2. The van der Waals surface area contributed by atoms with Gasteiger partial charge in [-0.25, -0.2) is 4.98 Å². The highest BCUT2D eigenvalue weighted by molar-refractivity contribution is 5.93. The Balaban J connectivity index is 1.65. The molecular formula is C26H24N4O. The molecule has 1 aromatic heterocycles. The second kappa shape index (κ2) is 7.91. The predicted molar refractivity (Wildman–Crippen MR) is 122 cm³/mol. The van der Waals surface area contributed by atoms with E-state index in [1.165, 1.54) is 11.1 Å². The minimum absolute atomic E-state index is 0.0669. The Hall–Kier alpha value is -3.60. The van der Waals surface area contributed by atoms with Crippen LogP contribution in [0.2, 0.25) is 0 Å². The average molecular weight is 409 g/mol. The highest BCUT2D eigenvalue weighted by Crippen LogP contribution is 2.34. The summed E-state index contributed by atoms with van der Waals surface area (Å²) in [6.45, 7) is 4.26. The molecule has 2 bridgehead atoms. The summed E-state index contributed by atoms with van der Waals surface area (Å²) in [5, 5.41) is 0. The molecule has 0 amide bonds. The van der Waals surface area contributed by atoms with Crippen LogP contribution in [0.5, 0.6) is 0 Å². The topological polar surface area (TPSA) is 59.0 Å². The number of rotatable bonds is 3. The second-order valence-corrected chi connectivity index (χ2v) is 8.26. The summed E-state index contributed by atoms with van der Waals surface area (Å²) < 4.78 is 0. The third kappa shape index (κ3) is 3.67. The van der Waals surface area contributed by atoms with Crippen LogP contribution in [0.4, 0.5) is 5.95 Å². The van der Waals surface area contributed by atoms with Crippen LogP contribution >= 0.6 is 0 Å². The van der Waals surface area contributed by atoms with Gasteiger partial charge in [0, 0.05) is 23.2 Å². The van der Waals surface area contributed by atoms with E-state index in [9.17, 15) is 4.79 Å². The number of fused-ring (bicyclic) bond motifs is 2. The second-order valence-electron chi connectivity index (χ2n) is 8.26. The molecule has 5 rings (SSSR count). The van der Waals surface area contributed by atoms with Crippen molar-refractivity contribution in [1.29, 1.82) is 0 Å². The van der Waals surface area contributed by atoms with Crippen molar-refractivity contribution >= 4 is 11.7 Å². The normalized spacial score (nSPS) is 20.7. The largest absolute Gasteiger partial charge is 0.307 e. The van der Waals surface area contributed by atoms with Gasteiger partial charge in [0.1, 0.15) is 0 Å². The van der Waals surface area contributed by atoms with Crippen LogP contribution in [-0.2, 0) is 4.79 Å². The van der Waals surface area contributed by atoms with Crippen LogP contribution in [0, 0.1) is 5.92 Å². The van der Waals surface area contributed by atoms with Crippen molar-refractivity contribution in [2.45, 2.75) is 32.7 Å². The highest BCUT2D eigenvalue weighted by atomic mass is 16.1. The van der Waals surface area contributed by atoms with Crippen molar-refractivity contribution in [3.63, 3.8) is 0 Å². The number of anilines is 1. The number of benzene rings is 2. The van der Waals surface area contributed by atoms with E-state index < -0.39 is 0 Å². The van der Waals surface area contributed by atoms with E-state index in [1.54, 1.807) is 0 Å². The van der Waals surface area contributed by atoms with Crippen LogP contribution in [0.3, 0.4) is 0 Å².